The molecule has 10 heavy (non-hydrogen) atoms. The maximum absolute atomic E-state index is 12.9. The number of allylic oxidation sites excluding steroid dienone is 2. The summed E-state index contributed by atoms with van der Waals surface area (Å²) in [7, 11) is 0. The van der Waals surface area contributed by atoms with Gasteiger partial charge in [-0.25, -0.2) is 4.39 Å². The summed E-state index contributed by atoms with van der Waals surface area (Å²) in [5.74, 6) is 0.0692. The van der Waals surface area contributed by atoms with Gasteiger partial charge in [-0.05, 0) is 31.3 Å². The molecule has 0 amide bonds. The minimum Gasteiger partial charge on any atom is -0.211 e. The molecule has 2 heteroatoms. The van der Waals surface area contributed by atoms with Crippen LogP contribution < -0.4 is 0 Å². The summed E-state index contributed by atoms with van der Waals surface area (Å²) < 4.78 is 12.9. The predicted molar refractivity (Wildman–Crippen MR) is 45.0 cm³/mol. The van der Waals surface area contributed by atoms with Crippen LogP contribution in [0.2, 0.25) is 0 Å². The van der Waals surface area contributed by atoms with E-state index in [1.165, 1.54) is 19.3 Å². The molecular formula is C8H12BrF. The summed E-state index contributed by atoms with van der Waals surface area (Å²) in [4.78, 5) is 0. The SMILES string of the molecule is FC(CBr)=C1CCCCC1. The van der Waals surface area contributed by atoms with Gasteiger partial charge < -0.3 is 0 Å². The lowest BCUT2D eigenvalue weighted by molar-refractivity contribution is 0.548. The van der Waals surface area contributed by atoms with Gasteiger partial charge in [-0.3, -0.25) is 0 Å². The van der Waals surface area contributed by atoms with Gasteiger partial charge in [0.25, 0.3) is 0 Å². The van der Waals surface area contributed by atoms with E-state index in [9.17, 15) is 4.39 Å². The largest absolute Gasteiger partial charge is 0.211 e. The Hall–Kier alpha value is 0.150. The van der Waals surface area contributed by atoms with E-state index in [1.54, 1.807) is 0 Å². The van der Waals surface area contributed by atoms with Crippen LogP contribution in [-0.4, -0.2) is 5.33 Å². The molecule has 0 atom stereocenters. The molecule has 1 saturated carbocycles. The van der Waals surface area contributed by atoms with Crippen molar-refractivity contribution in [3.63, 3.8) is 0 Å². The molecule has 0 aromatic heterocycles. The van der Waals surface area contributed by atoms with Crippen molar-refractivity contribution < 1.29 is 4.39 Å². The van der Waals surface area contributed by atoms with Crippen LogP contribution in [0, 0.1) is 0 Å². The first-order valence-corrected chi connectivity index (χ1v) is 4.89. The number of hydrogen-bond acceptors (Lipinski definition) is 0. The van der Waals surface area contributed by atoms with Crippen molar-refractivity contribution in [1.82, 2.24) is 0 Å². The average molecular weight is 207 g/mol. The molecule has 0 spiro atoms. The Bertz CT molecular complexity index is 132. The fraction of sp³-hybridized carbons (Fsp3) is 0.750. The second kappa shape index (κ2) is 4.12. The van der Waals surface area contributed by atoms with E-state index < -0.39 is 0 Å². The Balaban J connectivity index is 2.51. The normalized spacial score (nSPS) is 19.2. The highest BCUT2D eigenvalue weighted by Gasteiger charge is 2.09. The van der Waals surface area contributed by atoms with Crippen LogP contribution in [0.3, 0.4) is 0 Å². The highest BCUT2D eigenvalue weighted by molar-refractivity contribution is 9.09. The Kier molecular flexibility index (Phi) is 3.40. The van der Waals surface area contributed by atoms with E-state index in [4.69, 9.17) is 0 Å². The molecule has 0 heterocycles. The van der Waals surface area contributed by atoms with Crippen LogP contribution >= 0.6 is 15.9 Å². The lowest BCUT2D eigenvalue weighted by Crippen LogP contribution is -1.96. The molecule has 0 aromatic carbocycles. The van der Waals surface area contributed by atoms with Crippen LogP contribution in [-0.2, 0) is 0 Å². The first kappa shape index (κ1) is 8.25. The van der Waals surface area contributed by atoms with Crippen LogP contribution in [0.25, 0.3) is 0 Å². The van der Waals surface area contributed by atoms with Crippen molar-refractivity contribution in [2.45, 2.75) is 32.1 Å². The monoisotopic (exact) mass is 206 g/mol. The summed E-state index contributed by atoms with van der Waals surface area (Å²) >= 11 is 3.12. The molecule has 0 unspecified atom stereocenters. The number of hydrogen-bond donors (Lipinski definition) is 0. The van der Waals surface area contributed by atoms with Gasteiger partial charge in [0.1, 0.15) is 5.83 Å². The quantitative estimate of drug-likeness (QED) is 0.576. The van der Waals surface area contributed by atoms with Crippen molar-refractivity contribution in [1.29, 1.82) is 0 Å². The zero-order valence-electron chi connectivity index (χ0n) is 6.00. The molecular weight excluding hydrogens is 195 g/mol. The van der Waals surface area contributed by atoms with Gasteiger partial charge in [-0.2, -0.15) is 0 Å². The van der Waals surface area contributed by atoms with Crippen molar-refractivity contribution in [3.05, 3.63) is 11.4 Å². The Morgan fingerprint density at radius 2 is 1.90 bits per heavy atom. The minimum absolute atomic E-state index is 0.0692. The molecule has 1 rings (SSSR count). The Labute approximate surface area is 69.6 Å². The predicted octanol–water partition coefficient (Wildman–Crippen LogP) is 3.57. The summed E-state index contributed by atoms with van der Waals surface area (Å²) in [6.45, 7) is 0. The third kappa shape index (κ3) is 2.08. The van der Waals surface area contributed by atoms with Gasteiger partial charge in [0.05, 0.1) is 5.33 Å². The van der Waals surface area contributed by atoms with E-state index in [-0.39, 0.29) is 5.83 Å². The van der Waals surface area contributed by atoms with Gasteiger partial charge in [0.2, 0.25) is 0 Å². The number of alkyl halides is 1. The highest BCUT2D eigenvalue weighted by Crippen LogP contribution is 2.26. The standard InChI is InChI=1S/C8H12BrF/c9-6-8(10)7-4-2-1-3-5-7/h1-6H2. The van der Waals surface area contributed by atoms with E-state index in [2.05, 4.69) is 15.9 Å². The van der Waals surface area contributed by atoms with Crippen molar-refractivity contribution in [2.75, 3.05) is 5.33 Å². The topological polar surface area (TPSA) is 0 Å². The Morgan fingerprint density at radius 3 is 2.40 bits per heavy atom. The average Bonchev–Trinajstić information content (AvgIpc) is 2.05. The van der Waals surface area contributed by atoms with E-state index in [0.29, 0.717) is 5.33 Å². The Morgan fingerprint density at radius 1 is 1.30 bits per heavy atom. The summed E-state index contributed by atoms with van der Waals surface area (Å²) in [5, 5.41) is 0.405. The molecule has 1 aliphatic rings. The van der Waals surface area contributed by atoms with Crippen LogP contribution in [0.4, 0.5) is 4.39 Å². The van der Waals surface area contributed by atoms with Gasteiger partial charge in [0, 0.05) is 0 Å². The number of rotatable bonds is 1. The maximum atomic E-state index is 12.9. The molecule has 1 aliphatic carbocycles. The minimum atomic E-state index is 0.0692. The first-order valence-electron chi connectivity index (χ1n) is 3.77. The fourth-order valence-corrected chi connectivity index (χ4v) is 1.74. The molecule has 0 saturated heterocycles. The zero-order chi connectivity index (χ0) is 7.40. The molecule has 0 bridgehead atoms. The smallest absolute Gasteiger partial charge is 0.110 e. The highest BCUT2D eigenvalue weighted by atomic mass is 79.9. The zero-order valence-corrected chi connectivity index (χ0v) is 7.58. The maximum Gasteiger partial charge on any atom is 0.110 e. The lowest BCUT2D eigenvalue weighted by atomic mass is 9.94. The van der Waals surface area contributed by atoms with E-state index >= 15 is 0 Å². The molecule has 0 nitrogen and oxygen atoms in total. The third-order valence-electron chi connectivity index (χ3n) is 1.96. The fourth-order valence-electron chi connectivity index (χ4n) is 1.34. The van der Waals surface area contributed by atoms with Gasteiger partial charge in [-0.1, -0.05) is 22.4 Å². The van der Waals surface area contributed by atoms with Crippen LogP contribution in [0.5, 0.6) is 0 Å². The molecule has 1 fully saturated rings. The first-order chi connectivity index (χ1) is 4.84. The molecule has 0 aliphatic heterocycles. The summed E-state index contributed by atoms with van der Waals surface area (Å²) in [6.07, 6.45) is 5.60. The summed E-state index contributed by atoms with van der Waals surface area (Å²) in [5.41, 5.74) is 1.04. The van der Waals surface area contributed by atoms with Gasteiger partial charge in [-0.15, -0.1) is 0 Å². The van der Waals surface area contributed by atoms with E-state index in [1.807, 2.05) is 0 Å². The second-order valence-corrected chi connectivity index (χ2v) is 3.26. The van der Waals surface area contributed by atoms with Crippen molar-refractivity contribution in [2.24, 2.45) is 0 Å². The van der Waals surface area contributed by atoms with E-state index in [0.717, 1.165) is 18.4 Å². The van der Waals surface area contributed by atoms with Crippen LogP contribution in [0.15, 0.2) is 11.4 Å². The molecule has 0 N–H and O–H groups in total. The number of halogens is 2. The lowest BCUT2D eigenvalue weighted by Gasteiger charge is -2.13. The van der Waals surface area contributed by atoms with Gasteiger partial charge >= 0.3 is 0 Å². The van der Waals surface area contributed by atoms with Crippen LogP contribution in [0.1, 0.15) is 32.1 Å². The second-order valence-electron chi connectivity index (χ2n) is 2.70. The van der Waals surface area contributed by atoms with Crippen molar-refractivity contribution >= 4 is 15.9 Å². The van der Waals surface area contributed by atoms with Crippen molar-refractivity contribution in [3.8, 4) is 0 Å². The third-order valence-corrected chi connectivity index (χ3v) is 2.45. The van der Waals surface area contributed by atoms with Gasteiger partial charge in [0.15, 0.2) is 0 Å². The molecule has 0 radical (unpaired) electrons. The molecule has 0 aromatic rings. The molecule has 58 valence electrons. The summed E-state index contributed by atoms with van der Waals surface area (Å²) in [6, 6.07) is 0.